The maximum Gasteiger partial charge on any atom is 0.410 e. The molecule has 16 heteroatoms. The molecular weight excluding hydrogens is 692 g/mol. The largest absolute Gasteiger partial charge is 0.455 e. The predicted octanol–water partition coefficient (Wildman–Crippen LogP) is 5.82. The number of carbonyl (C=O) groups excluding carboxylic acids is 2. The van der Waals surface area contributed by atoms with E-state index in [0.29, 0.717) is 63.0 Å². The molecule has 6 rings (SSSR count). The first-order valence-electron chi connectivity index (χ1n) is 17.1. The number of benzene rings is 2. The Morgan fingerprint density at radius 1 is 1.06 bits per heavy atom. The summed E-state index contributed by atoms with van der Waals surface area (Å²) >= 11 is 0. The van der Waals surface area contributed by atoms with Crippen molar-refractivity contribution in [3.05, 3.63) is 76.6 Å². The van der Waals surface area contributed by atoms with Gasteiger partial charge in [0.25, 0.3) is 5.69 Å². The third-order valence-electron chi connectivity index (χ3n) is 8.93. The lowest BCUT2D eigenvalue weighted by Gasteiger charge is -2.37. The molecule has 0 spiro atoms. The van der Waals surface area contributed by atoms with Crippen LogP contribution < -0.4 is 15.0 Å². The van der Waals surface area contributed by atoms with Gasteiger partial charge in [0, 0.05) is 75.3 Å². The van der Waals surface area contributed by atoms with Gasteiger partial charge in [0.2, 0.25) is 0 Å². The highest BCUT2D eigenvalue weighted by molar-refractivity contribution is 7.92. The van der Waals surface area contributed by atoms with Crippen LogP contribution in [0.3, 0.4) is 0 Å². The van der Waals surface area contributed by atoms with Crippen molar-refractivity contribution in [3.63, 3.8) is 0 Å². The first-order chi connectivity index (χ1) is 24.8. The van der Waals surface area contributed by atoms with Crippen molar-refractivity contribution in [1.82, 2.24) is 14.9 Å². The summed E-state index contributed by atoms with van der Waals surface area (Å²) < 4.78 is 44.3. The van der Waals surface area contributed by atoms with Crippen molar-refractivity contribution in [2.24, 2.45) is 5.92 Å². The summed E-state index contributed by atoms with van der Waals surface area (Å²) in [5, 5.41) is 15.8. The Morgan fingerprint density at radius 3 is 2.52 bits per heavy atom. The summed E-state index contributed by atoms with van der Waals surface area (Å²) in [5.41, 5.74) is 0.548. The zero-order valence-electron chi connectivity index (χ0n) is 29.3. The smallest absolute Gasteiger partial charge is 0.410 e. The van der Waals surface area contributed by atoms with Gasteiger partial charge in [-0.15, -0.1) is 0 Å². The summed E-state index contributed by atoms with van der Waals surface area (Å²) in [6.07, 6.45) is 4.48. The van der Waals surface area contributed by atoms with E-state index in [-0.39, 0.29) is 27.8 Å². The quantitative estimate of drug-likeness (QED) is 0.107. The molecule has 0 aliphatic carbocycles. The molecule has 0 atom stereocenters. The lowest BCUT2D eigenvalue weighted by molar-refractivity contribution is -0.384. The summed E-state index contributed by atoms with van der Waals surface area (Å²) in [4.78, 5) is 48.4. The number of fused-ring (bicyclic) bond motifs is 1. The minimum atomic E-state index is -4.31. The average molecular weight is 735 g/mol. The molecule has 15 nitrogen and oxygen atoms in total. The van der Waals surface area contributed by atoms with Crippen LogP contribution >= 0.6 is 0 Å². The molecule has 52 heavy (non-hydrogen) atoms. The molecule has 0 saturated carbocycles. The number of ketones is 1. The third-order valence-corrected chi connectivity index (χ3v) is 10.5. The molecule has 2 N–H and O–H groups in total. The first-order valence-corrected chi connectivity index (χ1v) is 18.7. The van der Waals surface area contributed by atoms with Crippen LogP contribution in [0, 0.1) is 16.0 Å². The summed E-state index contributed by atoms with van der Waals surface area (Å²) in [6.45, 7) is 8.96. The summed E-state index contributed by atoms with van der Waals surface area (Å²) in [7, 11) is -4.31. The van der Waals surface area contributed by atoms with E-state index in [4.69, 9.17) is 14.2 Å². The van der Waals surface area contributed by atoms with Gasteiger partial charge >= 0.3 is 6.09 Å². The number of pyridine rings is 1. The van der Waals surface area contributed by atoms with Gasteiger partial charge in [-0.05, 0) is 75.9 Å². The normalized spacial score (nSPS) is 15.8. The number of piperazine rings is 1. The number of aromatic amines is 1. The van der Waals surface area contributed by atoms with E-state index in [9.17, 15) is 28.1 Å². The van der Waals surface area contributed by atoms with E-state index in [2.05, 4.69) is 15.3 Å². The Morgan fingerprint density at radius 2 is 1.81 bits per heavy atom. The number of aromatic nitrogens is 2. The zero-order chi connectivity index (χ0) is 37.0. The second-order valence-corrected chi connectivity index (χ2v) is 15.9. The molecule has 4 heterocycles. The van der Waals surface area contributed by atoms with Crippen LogP contribution in [0.4, 0.5) is 21.9 Å². The third kappa shape index (κ3) is 8.80. The lowest BCUT2D eigenvalue weighted by atomic mass is 10.0. The standard InChI is InChI=1S/C36H42N6O9S/c1-36(2,3)51-35(44)41-14-12-40(13-15-41)26-4-6-29(33(19-26)50-27-18-25-8-11-37-34(25)39-22-27)32(43)23-52(47,48)28-5-7-30(31(20-28)42(45)46)38-21-24-9-16-49-17-10-24/h4-8,11,18-20,22,24,38H,9-10,12-17,21,23H2,1-3H3,(H,37,39). The molecule has 2 aliphatic rings. The number of nitro groups is 1. The van der Waals surface area contributed by atoms with Gasteiger partial charge in [0.1, 0.15) is 34.2 Å². The number of hydrogen-bond acceptors (Lipinski definition) is 12. The highest BCUT2D eigenvalue weighted by atomic mass is 32.2. The average Bonchev–Trinajstić information content (AvgIpc) is 3.58. The number of amides is 1. The Balaban J connectivity index is 1.23. The van der Waals surface area contributed by atoms with E-state index in [1.165, 1.54) is 24.4 Å². The number of carbonyl (C=O) groups is 2. The van der Waals surface area contributed by atoms with Gasteiger partial charge in [0.15, 0.2) is 15.6 Å². The van der Waals surface area contributed by atoms with E-state index in [1.807, 2.05) is 31.7 Å². The number of H-pyrrole nitrogens is 1. The fraction of sp³-hybridized carbons (Fsp3) is 0.417. The Bertz CT molecular complexity index is 2060. The number of nitrogens with zero attached hydrogens (tertiary/aromatic N) is 4. The Labute approximate surface area is 301 Å². The van der Waals surface area contributed by atoms with Gasteiger partial charge < -0.3 is 34.3 Å². The van der Waals surface area contributed by atoms with Crippen LogP contribution in [-0.2, 0) is 19.3 Å². The van der Waals surface area contributed by atoms with Crippen molar-refractivity contribution < 1.29 is 37.1 Å². The number of nitrogens with one attached hydrogen (secondary N) is 2. The first kappa shape index (κ1) is 36.6. The molecule has 0 unspecified atom stereocenters. The number of Topliss-reactive ketones (excluding diaryl/α,β-unsaturated/α-hetero) is 1. The summed E-state index contributed by atoms with van der Waals surface area (Å²) in [5.74, 6) is -0.979. The number of hydrogen-bond donors (Lipinski definition) is 2. The van der Waals surface area contributed by atoms with Gasteiger partial charge in [0.05, 0.1) is 21.6 Å². The maximum absolute atomic E-state index is 13.8. The topological polar surface area (TPSA) is 186 Å². The molecule has 1 amide bonds. The zero-order valence-corrected chi connectivity index (χ0v) is 30.1. The van der Waals surface area contributed by atoms with Crippen LogP contribution in [0.2, 0.25) is 0 Å². The van der Waals surface area contributed by atoms with E-state index < -0.39 is 43.7 Å². The number of sulfone groups is 1. The minimum absolute atomic E-state index is 0.0122. The fourth-order valence-electron chi connectivity index (χ4n) is 6.14. The van der Waals surface area contributed by atoms with Gasteiger partial charge in [-0.25, -0.2) is 18.2 Å². The Kier molecular flexibility index (Phi) is 10.7. The second-order valence-electron chi connectivity index (χ2n) is 13.9. The van der Waals surface area contributed by atoms with Gasteiger partial charge in [-0.1, -0.05) is 0 Å². The van der Waals surface area contributed by atoms with Crippen LogP contribution in [-0.4, -0.2) is 97.4 Å². The minimum Gasteiger partial charge on any atom is -0.455 e. The van der Waals surface area contributed by atoms with Crippen LogP contribution in [0.1, 0.15) is 44.0 Å². The molecule has 2 aromatic carbocycles. The molecule has 2 aliphatic heterocycles. The molecule has 2 saturated heterocycles. The van der Waals surface area contributed by atoms with Crippen LogP contribution in [0.5, 0.6) is 11.5 Å². The number of ether oxygens (including phenoxy) is 3. The monoisotopic (exact) mass is 734 g/mol. The molecule has 4 aromatic rings. The number of anilines is 2. The van der Waals surface area contributed by atoms with Crippen molar-refractivity contribution in [1.29, 1.82) is 0 Å². The van der Waals surface area contributed by atoms with Gasteiger partial charge in [-0.2, -0.15) is 0 Å². The van der Waals surface area contributed by atoms with Crippen LogP contribution in [0.15, 0.2) is 65.8 Å². The molecule has 2 aromatic heterocycles. The lowest BCUT2D eigenvalue weighted by Crippen LogP contribution is -2.50. The fourth-order valence-corrected chi connectivity index (χ4v) is 7.38. The highest BCUT2D eigenvalue weighted by Gasteiger charge is 2.29. The van der Waals surface area contributed by atoms with Crippen molar-refractivity contribution in [2.45, 2.75) is 44.1 Å². The van der Waals surface area contributed by atoms with E-state index in [0.717, 1.165) is 24.3 Å². The van der Waals surface area contributed by atoms with Crippen molar-refractivity contribution in [2.75, 3.05) is 61.9 Å². The molecule has 0 bridgehead atoms. The van der Waals surface area contributed by atoms with Crippen molar-refractivity contribution in [3.8, 4) is 11.5 Å². The van der Waals surface area contributed by atoms with Gasteiger partial charge in [-0.3, -0.25) is 14.9 Å². The number of nitro benzene ring substituents is 1. The molecule has 2 fully saturated rings. The van der Waals surface area contributed by atoms with Crippen molar-refractivity contribution >= 4 is 49.8 Å². The highest BCUT2D eigenvalue weighted by Crippen LogP contribution is 2.34. The summed E-state index contributed by atoms with van der Waals surface area (Å²) in [6, 6.07) is 12.1. The molecule has 276 valence electrons. The van der Waals surface area contributed by atoms with E-state index >= 15 is 0 Å². The predicted molar refractivity (Wildman–Crippen MR) is 194 cm³/mol. The SMILES string of the molecule is CC(C)(C)OC(=O)N1CCN(c2ccc(C(=O)CS(=O)(=O)c3ccc(NCC4CCOCC4)c([N+](=O)[O-])c3)c(Oc3cnc4[nH]ccc4c3)c2)CC1. The second kappa shape index (κ2) is 15.2. The molecule has 0 radical (unpaired) electrons. The molecular formula is C36H42N6O9S. The number of rotatable bonds is 11. The van der Waals surface area contributed by atoms with Crippen LogP contribution in [0.25, 0.3) is 11.0 Å². The maximum atomic E-state index is 13.8. The van der Waals surface area contributed by atoms with E-state index in [1.54, 1.807) is 29.3 Å². The Hall–Kier alpha value is -5.22.